The van der Waals surface area contributed by atoms with E-state index in [9.17, 15) is 19.2 Å². The first-order valence-electron chi connectivity index (χ1n) is 13.4. The van der Waals surface area contributed by atoms with Crippen molar-refractivity contribution in [2.45, 2.75) is 65.0 Å². The van der Waals surface area contributed by atoms with Crippen LogP contribution in [0.2, 0.25) is 4.34 Å². The second-order valence-corrected chi connectivity index (χ2v) is 12.0. The van der Waals surface area contributed by atoms with E-state index in [1.165, 1.54) is 11.3 Å². The molecule has 1 N–H and O–H groups in total. The average molecular weight is 593 g/mol. The number of hydrogen-bond acceptors (Lipinski definition) is 8. The highest BCUT2D eigenvalue weighted by atomic mass is 35.5. The minimum atomic E-state index is -1.01. The molecule has 2 aromatic rings. The van der Waals surface area contributed by atoms with Crippen molar-refractivity contribution in [1.82, 2.24) is 20.1 Å². The molecule has 3 amide bonds. The summed E-state index contributed by atoms with van der Waals surface area (Å²) < 4.78 is 10.9. The van der Waals surface area contributed by atoms with Crippen molar-refractivity contribution in [2.75, 3.05) is 32.8 Å². The molecule has 0 unspecified atom stereocenters. The molecular weight excluding hydrogens is 556 g/mol. The number of carbonyl (C=O) groups is 4. The molecule has 1 saturated heterocycles. The van der Waals surface area contributed by atoms with Gasteiger partial charge in [0.1, 0.15) is 21.0 Å². The molecule has 0 bridgehead atoms. The highest BCUT2D eigenvalue weighted by Crippen LogP contribution is 2.31. The molecule has 1 fully saturated rings. The second-order valence-electron chi connectivity index (χ2n) is 10.4. The summed E-state index contributed by atoms with van der Waals surface area (Å²) in [7, 11) is 0. The highest BCUT2D eigenvalue weighted by molar-refractivity contribution is 7.19. The van der Waals surface area contributed by atoms with Crippen molar-refractivity contribution in [3.63, 3.8) is 0 Å². The molecule has 0 saturated carbocycles. The quantitative estimate of drug-likeness (QED) is 0.312. The number of hydrogen-bond donors (Lipinski definition) is 1. The SMILES string of the molecule is CCCCOC(=O)N1CCN(C(=O)[C@H](CCC(=O)OC(C)(C)C)NC(=O)c2nc(-c3ccccc3)sc2Cl)CC1. The molecule has 218 valence electrons. The predicted molar refractivity (Wildman–Crippen MR) is 153 cm³/mol. The summed E-state index contributed by atoms with van der Waals surface area (Å²) in [6.07, 6.45) is 1.27. The van der Waals surface area contributed by atoms with Crippen LogP contribution < -0.4 is 5.32 Å². The number of piperazine rings is 1. The Balaban J connectivity index is 1.69. The third-order valence-electron chi connectivity index (χ3n) is 6.06. The fourth-order valence-electron chi connectivity index (χ4n) is 4.01. The largest absolute Gasteiger partial charge is 0.460 e. The lowest BCUT2D eigenvalue weighted by molar-refractivity contribution is -0.155. The van der Waals surface area contributed by atoms with E-state index in [1.54, 1.807) is 30.6 Å². The third-order valence-corrected chi connectivity index (χ3v) is 7.36. The third kappa shape index (κ3) is 9.19. The first-order valence-corrected chi connectivity index (χ1v) is 14.6. The molecule has 1 atom stereocenters. The fourth-order valence-corrected chi connectivity index (χ4v) is 5.15. The Labute approximate surface area is 244 Å². The summed E-state index contributed by atoms with van der Waals surface area (Å²) in [5, 5.41) is 3.32. The standard InChI is InChI=1S/C28H37ClN4O6S/c1-5-6-18-38-27(37)33-16-14-32(15-17-33)26(36)20(12-13-21(34)39-28(2,3)4)30-24(35)22-23(29)40-25(31-22)19-10-8-7-9-11-19/h7-11,20H,5-6,12-18H2,1-4H3,(H,30,35)/t20-/m0/s1. The van der Waals surface area contributed by atoms with E-state index in [4.69, 9.17) is 21.1 Å². The minimum absolute atomic E-state index is 0.0141. The van der Waals surface area contributed by atoms with E-state index in [-0.39, 0.29) is 41.9 Å². The number of thiazole rings is 1. The van der Waals surface area contributed by atoms with E-state index in [2.05, 4.69) is 10.3 Å². The summed E-state index contributed by atoms with van der Waals surface area (Å²) in [6.45, 7) is 8.82. The first-order chi connectivity index (χ1) is 19.0. The van der Waals surface area contributed by atoms with Crippen molar-refractivity contribution in [2.24, 2.45) is 0 Å². The van der Waals surface area contributed by atoms with Crippen LogP contribution in [0.5, 0.6) is 0 Å². The van der Waals surface area contributed by atoms with Gasteiger partial charge in [0.15, 0.2) is 5.69 Å². The van der Waals surface area contributed by atoms with Gasteiger partial charge in [-0.05, 0) is 33.6 Å². The van der Waals surface area contributed by atoms with Crippen LogP contribution >= 0.6 is 22.9 Å². The molecule has 2 heterocycles. The Bertz CT molecular complexity index is 1180. The van der Waals surface area contributed by atoms with Gasteiger partial charge in [-0.2, -0.15) is 0 Å². The number of unbranched alkanes of at least 4 members (excludes halogenated alkanes) is 1. The summed E-state index contributed by atoms with van der Waals surface area (Å²) in [5.41, 5.74) is 0.154. The summed E-state index contributed by atoms with van der Waals surface area (Å²) in [5.74, 6) is -1.44. The molecule has 40 heavy (non-hydrogen) atoms. The molecule has 1 aliphatic rings. The van der Waals surface area contributed by atoms with Gasteiger partial charge in [-0.15, -0.1) is 11.3 Å². The molecule has 0 aliphatic carbocycles. The zero-order valence-electron chi connectivity index (χ0n) is 23.4. The number of nitrogens with zero attached hydrogens (tertiary/aromatic N) is 3. The number of halogens is 1. The fraction of sp³-hybridized carbons (Fsp3) is 0.536. The van der Waals surface area contributed by atoms with E-state index < -0.39 is 29.6 Å². The van der Waals surface area contributed by atoms with Crippen molar-refractivity contribution < 1.29 is 28.7 Å². The van der Waals surface area contributed by atoms with Gasteiger partial charge in [-0.1, -0.05) is 55.3 Å². The van der Waals surface area contributed by atoms with Gasteiger partial charge in [0, 0.05) is 38.2 Å². The molecule has 12 heteroatoms. The van der Waals surface area contributed by atoms with E-state index >= 15 is 0 Å². The van der Waals surface area contributed by atoms with Crippen LogP contribution in [0, 0.1) is 0 Å². The van der Waals surface area contributed by atoms with Crippen LogP contribution in [0.25, 0.3) is 10.6 Å². The van der Waals surface area contributed by atoms with Crippen molar-refractivity contribution in [3.8, 4) is 10.6 Å². The van der Waals surface area contributed by atoms with Crippen molar-refractivity contribution >= 4 is 46.8 Å². The molecule has 0 spiro atoms. The van der Waals surface area contributed by atoms with Crippen LogP contribution in [0.3, 0.4) is 0 Å². The number of aromatic nitrogens is 1. The van der Waals surface area contributed by atoms with E-state index in [1.807, 2.05) is 37.3 Å². The number of nitrogens with one attached hydrogen (secondary N) is 1. The maximum Gasteiger partial charge on any atom is 0.409 e. The molecule has 1 aromatic carbocycles. The predicted octanol–water partition coefficient (Wildman–Crippen LogP) is 4.76. The number of amides is 3. The smallest absolute Gasteiger partial charge is 0.409 e. The van der Waals surface area contributed by atoms with Crippen LogP contribution in [0.4, 0.5) is 4.79 Å². The molecule has 1 aliphatic heterocycles. The minimum Gasteiger partial charge on any atom is -0.460 e. The Kier molecular flexibility index (Phi) is 11.3. The number of carbonyl (C=O) groups excluding carboxylic acids is 4. The van der Waals surface area contributed by atoms with Gasteiger partial charge in [-0.3, -0.25) is 14.4 Å². The van der Waals surface area contributed by atoms with Gasteiger partial charge in [0.25, 0.3) is 5.91 Å². The van der Waals surface area contributed by atoms with Gasteiger partial charge < -0.3 is 24.6 Å². The molecule has 1 aromatic heterocycles. The second kappa shape index (κ2) is 14.5. The topological polar surface area (TPSA) is 118 Å². The Morgan fingerprint density at radius 2 is 1.73 bits per heavy atom. The monoisotopic (exact) mass is 592 g/mol. The Morgan fingerprint density at radius 3 is 2.35 bits per heavy atom. The van der Waals surface area contributed by atoms with Gasteiger partial charge >= 0.3 is 12.1 Å². The average Bonchev–Trinajstić information content (AvgIpc) is 3.32. The zero-order valence-corrected chi connectivity index (χ0v) is 25.0. The Morgan fingerprint density at radius 1 is 1.07 bits per heavy atom. The summed E-state index contributed by atoms with van der Waals surface area (Å²) >= 11 is 7.54. The maximum atomic E-state index is 13.5. The van der Waals surface area contributed by atoms with Gasteiger partial charge in [0.2, 0.25) is 5.91 Å². The molecule has 0 radical (unpaired) electrons. The number of esters is 1. The Hall–Kier alpha value is -3.18. The zero-order chi connectivity index (χ0) is 29.3. The maximum absolute atomic E-state index is 13.5. The first kappa shape index (κ1) is 31.3. The summed E-state index contributed by atoms with van der Waals surface area (Å²) in [6, 6.07) is 8.32. The van der Waals surface area contributed by atoms with Crippen LogP contribution in [-0.2, 0) is 19.1 Å². The highest BCUT2D eigenvalue weighted by Gasteiger charge is 2.32. The van der Waals surface area contributed by atoms with Crippen LogP contribution in [0.1, 0.15) is 63.9 Å². The van der Waals surface area contributed by atoms with E-state index in [0.29, 0.717) is 24.7 Å². The van der Waals surface area contributed by atoms with Crippen molar-refractivity contribution in [1.29, 1.82) is 0 Å². The lowest BCUT2D eigenvalue weighted by Crippen LogP contribution is -2.56. The molecule has 10 nitrogen and oxygen atoms in total. The number of rotatable bonds is 10. The van der Waals surface area contributed by atoms with Crippen LogP contribution in [-0.4, -0.2) is 83.1 Å². The van der Waals surface area contributed by atoms with Gasteiger partial charge in [-0.25, -0.2) is 9.78 Å². The molecular formula is C28H37ClN4O6S. The number of ether oxygens (including phenoxy) is 2. The van der Waals surface area contributed by atoms with Gasteiger partial charge in [0.05, 0.1) is 6.61 Å². The normalized spacial score (nSPS) is 14.4. The van der Waals surface area contributed by atoms with Crippen molar-refractivity contribution in [3.05, 3.63) is 40.4 Å². The summed E-state index contributed by atoms with van der Waals surface area (Å²) in [4.78, 5) is 59.0. The van der Waals surface area contributed by atoms with E-state index in [0.717, 1.165) is 18.4 Å². The number of benzene rings is 1. The lowest BCUT2D eigenvalue weighted by Gasteiger charge is -2.36. The molecule has 3 rings (SSSR count). The lowest BCUT2D eigenvalue weighted by atomic mass is 10.1. The van der Waals surface area contributed by atoms with Crippen LogP contribution in [0.15, 0.2) is 30.3 Å².